The molecule has 2 aromatic heterocycles. The van der Waals surface area contributed by atoms with Crippen molar-refractivity contribution in [3.63, 3.8) is 0 Å². The molecule has 0 radical (unpaired) electrons. The van der Waals surface area contributed by atoms with Gasteiger partial charge in [-0.05, 0) is 99.4 Å². The number of ether oxygens (including phenoxy) is 1. The van der Waals surface area contributed by atoms with E-state index >= 15 is 0 Å². The lowest BCUT2D eigenvalue weighted by Crippen LogP contribution is -2.61. The first-order valence-corrected chi connectivity index (χ1v) is 16.7. The molecule has 2 aliphatic rings. The van der Waals surface area contributed by atoms with Gasteiger partial charge in [0.05, 0.1) is 17.2 Å². The summed E-state index contributed by atoms with van der Waals surface area (Å²) in [4.78, 5) is 39.6. The van der Waals surface area contributed by atoms with E-state index in [9.17, 15) is 14.4 Å². The standard InChI is InChI=1S/C36H39N3O5S/c1-3-44-30-22-26(15-12-24(30)14-17-32(40)41)37-35(43)36(18-8-19-36)38-34(42)25-13-16-29-28(21-25)23(2)33(31-11-7-20-45-31)39(29)27-9-5-4-6-10-27/h7,11-17,20-22,27H,3-6,8-10,18-19H2,1-2H3,(H,37,43)(H,38,42)(H,40,41)/b17-14+. The summed E-state index contributed by atoms with van der Waals surface area (Å²) < 4.78 is 8.20. The molecule has 0 aliphatic heterocycles. The van der Waals surface area contributed by atoms with Crippen molar-refractivity contribution in [2.45, 2.75) is 76.8 Å². The molecule has 45 heavy (non-hydrogen) atoms. The predicted molar refractivity (Wildman–Crippen MR) is 179 cm³/mol. The van der Waals surface area contributed by atoms with Crippen molar-refractivity contribution >= 4 is 51.8 Å². The number of aromatic nitrogens is 1. The number of aliphatic carboxylic acids is 1. The van der Waals surface area contributed by atoms with Crippen LogP contribution in [-0.4, -0.2) is 39.6 Å². The van der Waals surface area contributed by atoms with Crippen molar-refractivity contribution in [2.75, 3.05) is 11.9 Å². The maximum atomic E-state index is 13.7. The van der Waals surface area contributed by atoms with Crippen LogP contribution in [-0.2, 0) is 9.59 Å². The van der Waals surface area contributed by atoms with Crippen LogP contribution in [0.1, 0.15) is 85.8 Å². The first-order valence-electron chi connectivity index (χ1n) is 15.8. The van der Waals surface area contributed by atoms with Gasteiger partial charge in [-0.25, -0.2) is 4.79 Å². The molecule has 3 N–H and O–H groups in total. The van der Waals surface area contributed by atoms with E-state index < -0.39 is 11.5 Å². The molecule has 9 heteroatoms. The highest BCUT2D eigenvalue weighted by Crippen LogP contribution is 2.42. The number of aryl methyl sites for hydroxylation is 1. The van der Waals surface area contributed by atoms with E-state index in [1.807, 2.05) is 19.1 Å². The number of carbonyl (C=O) groups is 3. The van der Waals surface area contributed by atoms with E-state index in [-0.39, 0.29) is 11.8 Å². The van der Waals surface area contributed by atoms with Gasteiger partial charge in [-0.3, -0.25) is 9.59 Å². The summed E-state index contributed by atoms with van der Waals surface area (Å²) in [6.45, 7) is 4.37. The molecule has 234 valence electrons. The van der Waals surface area contributed by atoms with Crippen LogP contribution in [0.5, 0.6) is 5.75 Å². The molecule has 2 amide bonds. The van der Waals surface area contributed by atoms with Gasteiger partial charge in [0.25, 0.3) is 5.91 Å². The molecule has 0 bridgehead atoms. The van der Waals surface area contributed by atoms with E-state index in [0.29, 0.717) is 48.1 Å². The summed E-state index contributed by atoms with van der Waals surface area (Å²) in [7, 11) is 0. The van der Waals surface area contributed by atoms with Crippen molar-refractivity contribution in [1.29, 1.82) is 0 Å². The molecule has 0 saturated heterocycles. The fourth-order valence-corrected chi connectivity index (χ4v) is 7.55. The lowest BCUT2D eigenvalue weighted by Gasteiger charge is -2.40. The van der Waals surface area contributed by atoms with Gasteiger partial charge < -0.3 is 25.0 Å². The van der Waals surface area contributed by atoms with E-state index in [1.54, 1.807) is 29.5 Å². The smallest absolute Gasteiger partial charge is 0.328 e. The zero-order valence-corrected chi connectivity index (χ0v) is 26.5. The zero-order chi connectivity index (χ0) is 31.6. The summed E-state index contributed by atoms with van der Waals surface area (Å²) in [5, 5.41) is 18.2. The monoisotopic (exact) mass is 625 g/mol. The van der Waals surface area contributed by atoms with Gasteiger partial charge in [-0.2, -0.15) is 0 Å². The number of rotatable bonds is 10. The minimum atomic E-state index is -1.06. The average Bonchev–Trinajstić information content (AvgIpc) is 3.65. The number of carbonyl (C=O) groups excluding carboxylic acids is 2. The number of carboxylic acids is 1. The number of anilines is 1. The van der Waals surface area contributed by atoms with Crippen molar-refractivity contribution in [3.05, 3.63) is 76.7 Å². The molecule has 2 aromatic carbocycles. The summed E-state index contributed by atoms with van der Waals surface area (Å²) in [6, 6.07) is 15.7. The van der Waals surface area contributed by atoms with Crippen LogP contribution in [0.4, 0.5) is 5.69 Å². The topological polar surface area (TPSA) is 110 Å². The minimum Gasteiger partial charge on any atom is -0.493 e. The third-order valence-corrected chi connectivity index (χ3v) is 10.1. The Morgan fingerprint density at radius 3 is 2.53 bits per heavy atom. The van der Waals surface area contributed by atoms with Crippen LogP contribution in [0.15, 0.2) is 60.0 Å². The Morgan fingerprint density at radius 2 is 1.87 bits per heavy atom. The molecule has 2 saturated carbocycles. The summed E-state index contributed by atoms with van der Waals surface area (Å²) in [5.74, 6) is -1.14. The Morgan fingerprint density at radius 1 is 1.07 bits per heavy atom. The number of benzene rings is 2. The van der Waals surface area contributed by atoms with Crippen molar-refractivity contribution < 1.29 is 24.2 Å². The maximum absolute atomic E-state index is 13.7. The number of nitrogens with one attached hydrogen (secondary N) is 2. The van der Waals surface area contributed by atoms with Gasteiger partial charge in [0.15, 0.2) is 0 Å². The second kappa shape index (κ2) is 12.9. The molecular formula is C36H39N3O5S. The highest BCUT2D eigenvalue weighted by molar-refractivity contribution is 7.13. The van der Waals surface area contributed by atoms with Crippen LogP contribution in [0, 0.1) is 6.92 Å². The zero-order valence-electron chi connectivity index (χ0n) is 25.7. The SMILES string of the molecule is CCOc1cc(NC(=O)C2(NC(=O)c3ccc4c(c3)c(C)c(-c3cccs3)n4C3CCCCC3)CCC2)ccc1/C=C/C(=O)O. The first kappa shape index (κ1) is 30.6. The molecule has 4 aromatic rings. The fraction of sp³-hybridized carbons (Fsp3) is 0.361. The number of hydrogen-bond acceptors (Lipinski definition) is 5. The largest absolute Gasteiger partial charge is 0.493 e. The average molecular weight is 626 g/mol. The summed E-state index contributed by atoms with van der Waals surface area (Å²) >= 11 is 1.74. The van der Waals surface area contributed by atoms with Gasteiger partial charge in [0, 0.05) is 45.9 Å². The van der Waals surface area contributed by atoms with Crippen LogP contribution >= 0.6 is 11.3 Å². The molecule has 0 unspecified atom stereocenters. The van der Waals surface area contributed by atoms with Gasteiger partial charge in [0.1, 0.15) is 11.3 Å². The third kappa shape index (κ3) is 6.14. The van der Waals surface area contributed by atoms with E-state index in [0.717, 1.165) is 36.2 Å². The van der Waals surface area contributed by atoms with Gasteiger partial charge in [-0.1, -0.05) is 25.3 Å². The Labute approximate surface area is 267 Å². The normalized spacial score (nSPS) is 16.4. The van der Waals surface area contributed by atoms with Crippen molar-refractivity contribution in [2.24, 2.45) is 0 Å². The highest BCUT2D eigenvalue weighted by atomic mass is 32.1. The Balaban J connectivity index is 1.25. The minimum absolute atomic E-state index is 0.265. The lowest BCUT2D eigenvalue weighted by atomic mass is 9.75. The molecule has 8 nitrogen and oxygen atoms in total. The summed E-state index contributed by atoms with van der Waals surface area (Å²) in [5.41, 5.74) is 4.21. The van der Waals surface area contributed by atoms with E-state index in [4.69, 9.17) is 9.84 Å². The van der Waals surface area contributed by atoms with E-state index in [2.05, 4.69) is 45.7 Å². The number of amides is 2. The quantitative estimate of drug-likeness (QED) is 0.155. The van der Waals surface area contributed by atoms with Gasteiger partial charge in [-0.15, -0.1) is 11.3 Å². The number of fused-ring (bicyclic) bond motifs is 1. The molecule has 2 aliphatic carbocycles. The third-order valence-electron chi connectivity index (χ3n) is 9.18. The van der Waals surface area contributed by atoms with E-state index in [1.165, 1.54) is 41.5 Å². The summed E-state index contributed by atoms with van der Waals surface area (Å²) in [6.07, 6.45) is 10.5. The molecule has 2 fully saturated rings. The molecule has 0 spiro atoms. The fourth-order valence-electron chi connectivity index (χ4n) is 6.72. The predicted octanol–water partition coefficient (Wildman–Crippen LogP) is 7.97. The molecule has 2 heterocycles. The Hall–Kier alpha value is -4.37. The lowest BCUT2D eigenvalue weighted by molar-refractivity contribution is -0.131. The highest BCUT2D eigenvalue weighted by Gasteiger charge is 2.45. The Bertz CT molecular complexity index is 1760. The van der Waals surface area contributed by atoms with Gasteiger partial charge in [0.2, 0.25) is 5.91 Å². The van der Waals surface area contributed by atoms with Gasteiger partial charge >= 0.3 is 5.97 Å². The van der Waals surface area contributed by atoms with Crippen LogP contribution in [0.25, 0.3) is 27.6 Å². The van der Waals surface area contributed by atoms with Crippen LogP contribution < -0.4 is 15.4 Å². The number of carboxylic acid groups (broad SMARTS) is 1. The van der Waals surface area contributed by atoms with Crippen molar-refractivity contribution in [3.8, 4) is 16.3 Å². The maximum Gasteiger partial charge on any atom is 0.328 e. The Kier molecular flexibility index (Phi) is 8.81. The second-order valence-corrected chi connectivity index (χ2v) is 13.0. The molecule has 6 rings (SSSR count). The number of nitrogens with zero attached hydrogens (tertiary/aromatic N) is 1. The molecular weight excluding hydrogens is 586 g/mol. The van der Waals surface area contributed by atoms with Crippen LogP contribution in [0.2, 0.25) is 0 Å². The van der Waals surface area contributed by atoms with Crippen LogP contribution in [0.3, 0.4) is 0 Å². The van der Waals surface area contributed by atoms with Crippen molar-refractivity contribution in [1.82, 2.24) is 9.88 Å². The number of thiophene rings is 1. The number of hydrogen-bond donors (Lipinski definition) is 3. The molecule has 0 atom stereocenters. The second-order valence-electron chi connectivity index (χ2n) is 12.0. The first-order chi connectivity index (χ1) is 21.8.